The molecule has 0 radical (unpaired) electrons. The van der Waals surface area contributed by atoms with Crippen molar-refractivity contribution in [2.75, 3.05) is 18.0 Å². The van der Waals surface area contributed by atoms with E-state index in [9.17, 15) is 17.6 Å². The predicted molar refractivity (Wildman–Crippen MR) is 80.8 cm³/mol. The van der Waals surface area contributed by atoms with Crippen LogP contribution in [0.3, 0.4) is 0 Å². The Morgan fingerprint density at radius 1 is 1.30 bits per heavy atom. The normalized spacial score (nSPS) is 22.6. The molecule has 0 amide bonds. The Bertz CT molecular complexity index is 729. The van der Waals surface area contributed by atoms with Gasteiger partial charge in [-0.2, -0.15) is 13.2 Å². The van der Waals surface area contributed by atoms with Crippen molar-refractivity contribution in [3.8, 4) is 0 Å². The second kappa shape index (κ2) is 5.63. The van der Waals surface area contributed by atoms with Gasteiger partial charge in [0.25, 0.3) is 0 Å². The van der Waals surface area contributed by atoms with Crippen LogP contribution < -0.4 is 10.6 Å². The van der Waals surface area contributed by atoms with Gasteiger partial charge in [-0.3, -0.25) is 4.98 Å². The topological polar surface area (TPSA) is 42.1 Å². The lowest BCUT2D eigenvalue weighted by Gasteiger charge is -2.39. The number of nitrogens with zero attached hydrogens (tertiary/aromatic N) is 2. The number of alkyl halides is 3. The van der Waals surface area contributed by atoms with Gasteiger partial charge < -0.3 is 10.6 Å². The number of hydrogen-bond acceptors (Lipinski definition) is 3. The Balaban J connectivity index is 2.07. The summed E-state index contributed by atoms with van der Waals surface area (Å²) >= 11 is 0. The average molecular weight is 327 g/mol. The summed E-state index contributed by atoms with van der Waals surface area (Å²) < 4.78 is 53.4. The molecule has 1 aromatic carbocycles. The molecule has 1 fully saturated rings. The smallest absolute Gasteiger partial charge is 0.369 e. The van der Waals surface area contributed by atoms with Crippen molar-refractivity contribution >= 4 is 16.6 Å². The maximum Gasteiger partial charge on any atom is 0.393 e. The lowest BCUT2D eigenvalue weighted by atomic mass is 9.93. The zero-order valence-electron chi connectivity index (χ0n) is 12.6. The largest absolute Gasteiger partial charge is 0.393 e. The van der Waals surface area contributed by atoms with Gasteiger partial charge in [-0.25, -0.2) is 4.39 Å². The summed E-state index contributed by atoms with van der Waals surface area (Å²) in [5, 5.41) is 0.640. The lowest BCUT2D eigenvalue weighted by Crippen LogP contribution is -2.51. The number of fused-ring (bicyclic) bond motifs is 1. The van der Waals surface area contributed by atoms with E-state index in [4.69, 9.17) is 5.73 Å². The van der Waals surface area contributed by atoms with Crippen molar-refractivity contribution in [3.63, 3.8) is 0 Å². The second-order valence-corrected chi connectivity index (χ2v) is 6.04. The highest BCUT2D eigenvalue weighted by Gasteiger charge is 2.44. The number of pyridine rings is 1. The van der Waals surface area contributed by atoms with Gasteiger partial charge in [0.15, 0.2) is 0 Å². The summed E-state index contributed by atoms with van der Waals surface area (Å²) in [4.78, 5) is 5.69. The molecule has 0 unspecified atom stereocenters. The predicted octanol–water partition coefficient (Wildman–Crippen LogP) is 3.40. The third kappa shape index (κ3) is 2.97. The molecule has 1 aliphatic heterocycles. The van der Waals surface area contributed by atoms with E-state index < -0.39 is 24.0 Å². The SMILES string of the molecule is Cc1c(F)cc(N2C[C@H](N)C[C@H](C(F)(F)F)C2)c2cccnc12. The number of aromatic nitrogens is 1. The molecule has 7 heteroatoms. The van der Waals surface area contributed by atoms with Crippen LogP contribution in [0, 0.1) is 18.7 Å². The van der Waals surface area contributed by atoms with Gasteiger partial charge in [0.2, 0.25) is 0 Å². The molecule has 2 heterocycles. The van der Waals surface area contributed by atoms with Crippen LogP contribution in [0.15, 0.2) is 24.4 Å². The van der Waals surface area contributed by atoms with E-state index in [1.54, 1.807) is 25.3 Å². The molecule has 3 rings (SSSR count). The highest BCUT2D eigenvalue weighted by Crippen LogP contribution is 2.37. The molecule has 1 saturated heterocycles. The van der Waals surface area contributed by atoms with Gasteiger partial charge in [-0.05, 0) is 31.5 Å². The zero-order valence-corrected chi connectivity index (χ0v) is 12.6. The van der Waals surface area contributed by atoms with Crippen LogP contribution in [0.2, 0.25) is 0 Å². The van der Waals surface area contributed by atoms with Crippen molar-refractivity contribution in [2.45, 2.75) is 25.6 Å². The van der Waals surface area contributed by atoms with Crippen LogP contribution in [-0.2, 0) is 0 Å². The number of aryl methyl sites for hydroxylation is 1. The van der Waals surface area contributed by atoms with Crippen LogP contribution in [0.25, 0.3) is 10.9 Å². The Morgan fingerprint density at radius 3 is 2.74 bits per heavy atom. The lowest BCUT2D eigenvalue weighted by molar-refractivity contribution is -0.177. The second-order valence-electron chi connectivity index (χ2n) is 6.04. The maximum absolute atomic E-state index is 14.2. The van der Waals surface area contributed by atoms with Crippen molar-refractivity contribution in [1.82, 2.24) is 4.98 Å². The van der Waals surface area contributed by atoms with Crippen molar-refractivity contribution in [3.05, 3.63) is 35.8 Å². The fourth-order valence-corrected chi connectivity index (χ4v) is 3.16. The summed E-state index contributed by atoms with van der Waals surface area (Å²) in [7, 11) is 0. The monoisotopic (exact) mass is 327 g/mol. The van der Waals surface area contributed by atoms with E-state index in [0.29, 0.717) is 22.2 Å². The molecule has 2 aromatic rings. The molecule has 0 bridgehead atoms. The van der Waals surface area contributed by atoms with Crippen LogP contribution >= 0.6 is 0 Å². The number of anilines is 1. The molecule has 2 N–H and O–H groups in total. The minimum Gasteiger partial charge on any atom is -0.369 e. The first-order chi connectivity index (χ1) is 10.8. The summed E-state index contributed by atoms with van der Waals surface area (Å²) in [6, 6.07) is 4.11. The van der Waals surface area contributed by atoms with E-state index in [2.05, 4.69) is 4.98 Å². The molecule has 1 aliphatic rings. The first kappa shape index (κ1) is 16.0. The fraction of sp³-hybridized carbons (Fsp3) is 0.438. The van der Waals surface area contributed by atoms with Crippen LogP contribution in [-0.4, -0.2) is 30.3 Å². The Kier molecular flexibility index (Phi) is 3.91. The van der Waals surface area contributed by atoms with Gasteiger partial charge in [0.1, 0.15) is 5.82 Å². The zero-order chi connectivity index (χ0) is 16.8. The third-order valence-electron chi connectivity index (χ3n) is 4.35. The number of hydrogen-bond donors (Lipinski definition) is 1. The summed E-state index contributed by atoms with van der Waals surface area (Å²) in [5.41, 5.74) is 7.08. The van der Waals surface area contributed by atoms with Crippen molar-refractivity contribution in [1.29, 1.82) is 0 Å². The number of benzene rings is 1. The van der Waals surface area contributed by atoms with E-state index in [-0.39, 0.29) is 19.5 Å². The highest BCUT2D eigenvalue weighted by molar-refractivity contribution is 5.94. The van der Waals surface area contributed by atoms with Gasteiger partial charge >= 0.3 is 6.18 Å². The molecule has 0 spiro atoms. The Morgan fingerprint density at radius 2 is 2.04 bits per heavy atom. The number of nitrogens with two attached hydrogens (primary N) is 1. The molecule has 124 valence electrons. The summed E-state index contributed by atoms with van der Waals surface area (Å²) in [6.07, 6.45) is -2.88. The molecular formula is C16H17F4N3. The number of piperidine rings is 1. The molecule has 1 aromatic heterocycles. The number of halogens is 4. The van der Waals surface area contributed by atoms with E-state index in [0.717, 1.165) is 0 Å². The first-order valence-electron chi connectivity index (χ1n) is 7.38. The molecule has 0 saturated carbocycles. The van der Waals surface area contributed by atoms with Gasteiger partial charge in [-0.15, -0.1) is 0 Å². The van der Waals surface area contributed by atoms with E-state index >= 15 is 0 Å². The molecule has 23 heavy (non-hydrogen) atoms. The molecule has 3 nitrogen and oxygen atoms in total. The van der Waals surface area contributed by atoms with Crippen LogP contribution in [0.1, 0.15) is 12.0 Å². The molecule has 2 atom stereocenters. The minimum absolute atomic E-state index is 0.107. The standard InChI is InChI=1S/C16H17F4N3/c1-9-13(17)6-14(12-3-2-4-22-15(9)12)23-7-10(16(18,19)20)5-11(21)8-23/h2-4,6,10-11H,5,7-8,21H2,1H3/t10-,11+/m0/s1. The van der Waals surface area contributed by atoms with Crippen LogP contribution in [0.5, 0.6) is 0 Å². The quantitative estimate of drug-likeness (QED) is 0.816. The Labute approximate surface area is 131 Å². The van der Waals surface area contributed by atoms with Crippen molar-refractivity contribution < 1.29 is 17.6 Å². The highest BCUT2D eigenvalue weighted by atomic mass is 19.4. The summed E-state index contributed by atoms with van der Waals surface area (Å²) in [5.74, 6) is -1.99. The Hall–Kier alpha value is -1.89. The maximum atomic E-state index is 14.2. The van der Waals surface area contributed by atoms with E-state index in [1.807, 2.05) is 0 Å². The number of rotatable bonds is 1. The average Bonchev–Trinajstić information content (AvgIpc) is 2.49. The minimum atomic E-state index is -4.31. The third-order valence-corrected chi connectivity index (χ3v) is 4.35. The van der Waals surface area contributed by atoms with Crippen molar-refractivity contribution in [2.24, 2.45) is 11.7 Å². The first-order valence-corrected chi connectivity index (χ1v) is 7.38. The van der Waals surface area contributed by atoms with Gasteiger partial charge in [0, 0.05) is 42.0 Å². The molecular weight excluding hydrogens is 310 g/mol. The molecule has 0 aliphatic carbocycles. The van der Waals surface area contributed by atoms with Crippen LogP contribution in [0.4, 0.5) is 23.2 Å². The van der Waals surface area contributed by atoms with Gasteiger partial charge in [0.05, 0.1) is 11.4 Å². The fourth-order valence-electron chi connectivity index (χ4n) is 3.16. The van der Waals surface area contributed by atoms with E-state index in [1.165, 1.54) is 11.0 Å². The summed E-state index contributed by atoms with van der Waals surface area (Å²) in [6.45, 7) is 1.65. The van der Waals surface area contributed by atoms with Gasteiger partial charge in [-0.1, -0.05) is 0 Å².